The number of rotatable bonds is 6. The predicted molar refractivity (Wildman–Crippen MR) is 97.9 cm³/mol. The molecule has 0 bridgehead atoms. The summed E-state index contributed by atoms with van der Waals surface area (Å²) in [6, 6.07) is 20.4. The highest BCUT2D eigenvalue weighted by molar-refractivity contribution is 9.09. The van der Waals surface area contributed by atoms with Crippen molar-refractivity contribution >= 4 is 15.9 Å². The molecule has 2 aromatic carbocycles. The first kappa shape index (κ1) is 17.6. The normalized spacial score (nSPS) is 27.1. The molecule has 4 atom stereocenters. The van der Waals surface area contributed by atoms with Gasteiger partial charge in [0.05, 0.1) is 31.5 Å². The maximum Gasteiger partial charge on any atom is 0.139 e. The van der Waals surface area contributed by atoms with Crippen molar-refractivity contribution in [2.45, 2.75) is 49.9 Å². The van der Waals surface area contributed by atoms with Gasteiger partial charge in [0.25, 0.3) is 0 Å². The van der Waals surface area contributed by atoms with Crippen LogP contribution >= 0.6 is 15.9 Å². The molecular formula is C20H23BrO3. The van der Waals surface area contributed by atoms with Crippen LogP contribution in [0.2, 0.25) is 0 Å². The Morgan fingerprint density at radius 2 is 1.38 bits per heavy atom. The third-order valence-electron chi connectivity index (χ3n) is 4.24. The number of benzene rings is 2. The molecule has 0 unspecified atom stereocenters. The Morgan fingerprint density at radius 1 is 0.875 bits per heavy atom. The highest BCUT2D eigenvalue weighted by Gasteiger charge is 2.35. The fourth-order valence-electron chi connectivity index (χ4n) is 2.81. The molecule has 1 heterocycles. The van der Waals surface area contributed by atoms with E-state index in [0.29, 0.717) is 13.2 Å². The molecule has 0 aliphatic carbocycles. The lowest BCUT2D eigenvalue weighted by atomic mass is 10.0. The van der Waals surface area contributed by atoms with Crippen molar-refractivity contribution in [2.24, 2.45) is 0 Å². The molecule has 1 aliphatic heterocycles. The van der Waals surface area contributed by atoms with Crippen LogP contribution in [0.1, 0.15) is 24.5 Å². The Kier molecular flexibility index (Phi) is 6.44. The van der Waals surface area contributed by atoms with Gasteiger partial charge in [0.1, 0.15) is 5.01 Å². The lowest BCUT2D eigenvalue weighted by Crippen LogP contribution is -2.45. The smallest absolute Gasteiger partial charge is 0.139 e. The summed E-state index contributed by atoms with van der Waals surface area (Å²) in [5.41, 5.74) is 2.34. The fourth-order valence-corrected chi connectivity index (χ4v) is 3.52. The minimum atomic E-state index is -0.104. The van der Waals surface area contributed by atoms with Crippen molar-refractivity contribution in [3.63, 3.8) is 0 Å². The summed E-state index contributed by atoms with van der Waals surface area (Å²) in [7, 11) is 0. The molecule has 2 aromatic rings. The minimum absolute atomic E-state index is 0.0258. The first-order valence-corrected chi connectivity index (χ1v) is 9.24. The second-order valence-electron chi connectivity index (χ2n) is 6.10. The third-order valence-corrected chi connectivity index (χ3v) is 5.04. The van der Waals surface area contributed by atoms with E-state index in [1.807, 2.05) is 36.4 Å². The van der Waals surface area contributed by atoms with E-state index in [9.17, 15) is 0 Å². The van der Waals surface area contributed by atoms with Gasteiger partial charge in [0, 0.05) is 6.42 Å². The largest absolute Gasteiger partial charge is 0.371 e. The molecule has 1 aliphatic rings. The minimum Gasteiger partial charge on any atom is -0.371 e. The molecule has 1 saturated heterocycles. The van der Waals surface area contributed by atoms with E-state index in [2.05, 4.69) is 47.1 Å². The molecule has 0 N–H and O–H groups in total. The van der Waals surface area contributed by atoms with Gasteiger partial charge in [0.2, 0.25) is 0 Å². The van der Waals surface area contributed by atoms with Crippen LogP contribution in [0, 0.1) is 0 Å². The summed E-state index contributed by atoms with van der Waals surface area (Å²) in [6.07, 6.45) is 0.855. The Hall–Kier alpha value is -1.20. The molecule has 4 heteroatoms. The van der Waals surface area contributed by atoms with Crippen molar-refractivity contribution in [3.8, 4) is 0 Å². The van der Waals surface area contributed by atoms with Gasteiger partial charge >= 0.3 is 0 Å². The van der Waals surface area contributed by atoms with Crippen LogP contribution in [0.5, 0.6) is 0 Å². The molecule has 0 aromatic heterocycles. The zero-order chi connectivity index (χ0) is 16.8. The molecular weight excluding hydrogens is 368 g/mol. The Morgan fingerprint density at radius 3 is 1.92 bits per heavy atom. The predicted octanol–water partition coefficient (Wildman–Crippen LogP) is 4.69. The number of halogens is 1. The van der Waals surface area contributed by atoms with Crippen LogP contribution in [0.4, 0.5) is 0 Å². The van der Waals surface area contributed by atoms with Crippen LogP contribution < -0.4 is 0 Å². The topological polar surface area (TPSA) is 27.7 Å². The fraction of sp³-hybridized carbons (Fsp3) is 0.400. The Labute approximate surface area is 152 Å². The van der Waals surface area contributed by atoms with Crippen molar-refractivity contribution in [1.82, 2.24) is 0 Å². The van der Waals surface area contributed by atoms with Gasteiger partial charge in [-0.15, -0.1) is 0 Å². The highest BCUT2D eigenvalue weighted by Crippen LogP contribution is 2.29. The van der Waals surface area contributed by atoms with Gasteiger partial charge in [-0.2, -0.15) is 0 Å². The van der Waals surface area contributed by atoms with Crippen LogP contribution in [0.15, 0.2) is 60.7 Å². The van der Waals surface area contributed by atoms with Gasteiger partial charge in [-0.3, -0.25) is 0 Å². The molecule has 3 nitrogen and oxygen atoms in total. The van der Waals surface area contributed by atoms with Crippen molar-refractivity contribution < 1.29 is 14.2 Å². The highest BCUT2D eigenvalue weighted by atomic mass is 79.9. The van der Waals surface area contributed by atoms with Crippen LogP contribution in [-0.4, -0.2) is 23.3 Å². The van der Waals surface area contributed by atoms with Crippen molar-refractivity contribution in [3.05, 3.63) is 71.8 Å². The maximum absolute atomic E-state index is 6.09. The van der Waals surface area contributed by atoms with Crippen molar-refractivity contribution in [2.75, 3.05) is 0 Å². The second kappa shape index (κ2) is 8.77. The van der Waals surface area contributed by atoms with Crippen molar-refractivity contribution in [1.29, 1.82) is 0 Å². The summed E-state index contributed by atoms with van der Waals surface area (Å²) in [4.78, 5) is 0. The molecule has 1 fully saturated rings. The summed E-state index contributed by atoms with van der Waals surface area (Å²) >= 11 is 3.59. The molecule has 128 valence electrons. The first-order valence-electron chi connectivity index (χ1n) is 8.33. The van der Waals surface area contributed by atoms with Crippen LogP contribution in [-0.2, 0) is 27.4 Å². The summed E-state index contributed by atoms with van der Waals surface area (Å²) < 4.78 is 18.1. The maximum atomic E-state index is 6.09. The SMILES string of the molecule is C[C@@H]1O[C@@H](Br)[C@@H](OCc2ccccc2)C[C@@H]1OCc1ccccc1. The summed E-state index contributed by atoms with van der Waals surface area (Å²) in [5, 5.41) is -0.104. The average Bonchev–Trinajstić information content (AvgIpc) is 2.62. The zero-order valence-corrected chi connectivity index (χ0v) is 15.4. The van der Waals surface area contributed by atoms with Gasteiger partial charge in [-0.1, -0.05) is 76.6 Å². The zero-order valence-electron chi connectivity index (χ0n) is 13.8. The first-order chi connectivity index (χ1) is 11.7. The molecule has 0 saturated carbocycles. The van der Waals surface area contributed by atoms with E-state index < -0.39 is 0 Å². The number of hydrogen-bond donors (Lipinski definition) is 0. The number of hydrogen-bond acceptors (Lipinski definition) is 3. The van der Waals surface area contributed by atoms with Gasteiger partial charge in [0.15, 0.2) is 0 Å². The van der Waals surface area contributed by atoms with E-state index >= 15 is 0 Å². The Bertz CT molecular complexity index is 551. The standard InChI is InChI=1S/C20H23BrO3/c1-15-18(22-13-16-8-4-2-5-9-16)12-19(20(21)24-15)23-14-17-10-6-3-7-11-17/h2-11,15,18-20H,12-14H2,1H3/t15-,18-,19-,20+/m0/s1. The lowest BCUT2D eigenvalue weighted by Gasteiger charge is -2.37. The van der Waals surface area contributed by atoms with E-state index in [1.54, 1.807) is 0 Å². The molecule has 24 heavy (non-hydrogen) atoms. The quantitative estimate of drug-likeness (QED) is 0.669. The van der Waals surface area contributed by atoms with Crippen LogP contribution in [0.25, 0.3) is 0 Å². The van der Waals surface area contributed by atoms with Crippen LogP contribution in [0.3, 0.4) is 0 Å². The van der Waals surface area contributed by atoms with E-state index in [4.69, 9.17) is 14.2 Å². The summed E-state index contributed by atoms with van der Waals surface area (Å²) in [5.74, 6) is 0. The third kappa shape index (κ3) is 4.90. The average molecular weight is 391 g/mol. The van der Waals surface area contributed by atoms with E-state index in [-0.39, 0.29) is 23.3 Å². The lowest BCUT2D eigenvalue weighted by molar-refractivity contribution is -0.169. The Balaban J connectivity index is 1.53. The molecule has 3 rings (SSSR count). The molecule has 0 radical (unpaired) electrons. The number of ether oxygens (including phenoxy) is 3. The van der Waals surface area contributed by atoms with Gasteiger partial charge < -0.3 is 14.2 Å². The summed E-state index contributed by atoms with van der Waals surface area (Å²) in [6.45, 7) is 3.23. The molecule has 0 spiro atoms. The van der Waals surface area contributed by atoms with Gasteiger partial charge in [-0.25, -0.2) is 0 Å². The molecule has 0 amide bonds. The van der Waals surface area contributed by atoms with E-state index in [1.165, 1.54) is 5.56 Å². The van der Waals surface area contributed by atoms with E-state index in [0.717, 1.165) is 12.0 Å². The number of alkyl halides is 1. The second-order valence-corrected chi connectivity index (χ2v) is 7.00. The van der Waals surface area contributed by atoms with Gasteiger partial charge in [-0.05, 0) is 18.1 Å². The monoisotopic (exact) mass is 390 g/mol.